The zero-order valence-corrected chi connectivity index (χ0v) is 11.4. The monoisotopic (exact) mass is 296 g/mol. The molecule has 0 aromatic carbocycles. The zero-order chi connectivity index (χ0) is 14.5. The van der Waals surface area contributed by atoms with Crippen LogP contribution in [-0.4, -0.2) is 69.1 Å². The van der Waals surface area contributed by atoms with Crippen molar-refractivity contribution in [2.45, 2.75) is 12.5 Å². The highest BCUT2D eigenvalue weighted by Crippen LogP contribution is 2.15. The van der Waals surface area contributed by atoms with Crippen LogP contribution in [0, 0.1) is 11.3 Å². The summed E-state index contributed by atoms with van der Waals surface area (Å²) in [6.45, 7) is 1.79. The molecule has 1 aromatic heterocycles. The molecule has 1 fully saturated rings. The second-order valence-corrected chi connectivity index (χ2v) is 4.73. The number of halogens is 1. The van der Waals surface area contributed by atoms with Gasteiger partial charge in [0.2, 0.25) is 5.28 Å². The lowest BCUT2D eigenvalue weighted by molar-refractivity contribution is -0.109. The summed E-state index contributed by atoms with van der Waals surface area (Å²) < 4.78 is 1.14. The fourth-order valence-electron chi connectivity index (χ4n) is 2.21. The molecule has 0 bridgehead atoms. The lowest BCUT2D eigenvalue weighted by Crippen LogP contribution is -2.56. The molecule has 1 atom stereocenters. The molecule has 106 valence electrons. The third kappa shape index (κ3) is 2.95. The van der Waals surface area contributed by atoms with Crippen LogP contribution in [0.2, 0.25) is 5.28 Å². The topological polar surface area (TPSA) is 95.1 Å². The molecular weight excluding hydrogens is 284 g/mol. The van der Waals surface area contributed by atoms with Crippen LogP contribution in [0.3, 0.4) is 0 Å². The van der Waals surface area contributed by atoms with Crippen LogP contribution in [0.1, 0.15) is 6.42 Å². The highest BCUT2D eigenvalue weighted by Gasteiger charge is 2.31. The molecule has 2 heterocycles. The summed E-state index contributed by atoms with van der Waals surface area (Å²) in [4.78, 5) is 26.4. The van der Waals surface area contributed by atoms with Crippen LogP contribution >= 0.6 is 11.6 Å². The first kappa shape index (κ1) is 14.4. The van der Waals surface area contributed by atoms with E-state index >= 15 is 0 Å². The van der Waals surface area contributed by atoms with E-state index < -0.39 is 0 Å². The number of aldehydes is 1. The fraction of sp³-hybridized carbons (Fsp3) is 0.545. The maximum absolute atomic E-state index is 12.4. The molecule has 8 nitrogen and oxygen atoms in total. The van der Waals surface area contributed by atoms with Crippen molar-refractivity contribution in [2.24, 2.45) is 0 Å². The summed E-state index contributed by atoms with van der Waals surface area (Å²) in [7, 11) is 0. The smallest absolute Gasteiger partial charge is 0.317 e. The SMILES string of the molecule is N#CCC1CN(CC=O)CCN1C(=O)n1cnnc1Cl. The molecule has 1 aliphatic heterocycles. The Morgan fingerprint density at radius 3 is 3.00 bits per heavy atom. The summed E-state index contributed by atoms with van der Waals surface area (Å²) in [6.07, 6.45) is 2.25. The predicted octanol–water partition coefficient (Wildman–Crippen LogP) is -0.00162. The van der Waals surface area contributed by atoms with Crippen molar-refractivity contribution in [1.29, 1.82) is 5.26 Å². The molecule has 0 spiro atoms. The van der Waals surface area contributed by atoms with E-state index in [1.807, 2.05) is 4.90 Å². The minimum atomic E-state index is -0.356. The summed E-state index contributed by atoms with van der Waals surface area (Å²) in [5.41, 5.74) is 0. The van der Waals surface area contributed by atoms with Gasteiger partial charge in [0.25, 0.3) is 0 Å². The number of carbonyl (C=O) groups is 2. The highest BCUT2D eigenvalue weighted by molar-refractivity contribution is 6.29. The standard InChI is InChI=1S/C11H13ClN6O2/c12-10-15-14-8-18(10)11(20)17-4-3-16(5-6-19)7-9(17)1-2-13/h6,8-9H,1,3-5,7H2. The molecular formula is C11H13ClN6O2. The van der Waals surface area contributed by atoms with Gasteiger partial charge in [0.15, 0.2) is 0 Å². The minimum Gasteiger partial charge on any atom is -0.317 e. The summed E-state index contributed by atoms with van der Waals surface area (Å²) in [5, 5.41) is 16.0. The Morgan fingerprint density at radius 2 is 2.40 bits per heavy atom. The van der Waals surface area contributed by atoms with Crippen LogP contribution in [0.4, 0.5) is 4.79 Å². The van der Waals surface area contributed by atoms with Gasteiger partial charge in [-0.1, -0.05) is 0 Å². The quantitative estimate of drug-likeness (QED) is 0.729. The Kier molecular flexibility index (Phi) is 4.65. The summed E-state index contributed by atoms with van der Waals surface area (Å²) in [6, 6.07) is 1.43. The number of aromatic nitrogens is 3. The van der Waals surface area contributed by atoms with E-state index in [0.29, 0.717) is 26.2 Å². The fourth-order valence-corrected chi connectivity index (χ4v) is 2.37. The van der Waals surface area contributed by atoms with Gasteiger partial charge in [-0.3, -0.25) is 4.90 Å². The number of nitriles is 1. The van der Waals surface area contributed by atoms with Gasteiger partial charge in [0.05, 0.1) is 25.1 Å². The maximum atomic E-state index is 12.4. The van der Waals surface area contributed by atoms with Crippen LogP contribution in [0.15, 0.2) is 6.33 Å². The Morgan fingerprint density at radius 1 is 1.60 bits per heavy atom. The van der Waals surface area contributed by atoms with Gasteiger partial charge >= 0.3 is 6.03 Å². The van der Waals surface area contributed by atoms with E-state index in [1.54, 1.807) is 4.90 Å². The van der Waals surface area contributed by atoms with Gasteiger partial charge in [-0.15, -0.1) is 10.2 Å². The maximum Gasteiger partial charge on any atom is 0.332 e. The number of amides is 1. The number of carbonyl (C=O) groups excluding carboxylic acids is 2. The number of rotatable bonds is 3. The van der Waals surface area contributed by atoms with Crippen molar-refractivity contribution < 1.29 is 9.59 Å². The summed E-state index contributed by atoms with van der Waals surface area (Å²) in [5.74, 6) is 0. The zero-order valence-electron chi connectivity index (χ0n) is 10.6. The number of hydrogen-bond acceptors (Lipinski definition) is 6. The van der Waals surface area contributed by atoms with Gasteiger partial charge in [0.1, 0.15) is 12.6 Å². The van der Waals surface area contributed by atoms with Crippen LogP contribution in [0.5, 0.6) is 0 Å². The van der Waals surface area contributed by atoms with E-state index in [9.17, 15) is 9.59 Å². The molecule has 20 heavy (non-hydrogen) atoms. The Hall–Kier alpha value is -1.98. The molecule has 1 aromatic rings. The van der Waals surface area contributed by atoms with Crippen molar-refractivity contribution in [3.8, 4) is 6.07 Å². The average Bonchev–Trinajstić information content (AvgIpc) is 2.85. The van der Waals surface area contributed by atoms with Crippen molar-refractivity contribution in [1.82, 2.24) is 24.6 Å². The Labute approximate surface area is 120 Å². The molecule has 1 saturated heterocycles. The first-order valence-electron chi connectivity index (χ1n) is 6.06. The van der Waals surface area contributed by atoms with Crippen molar-refractivity contribution >= 4 is 23.9 Å². The molecule has 9 heteroatoms. The number of hydrogen-bond donors (Lipinski definition) is 0. The summed E-state index contributed by atoms with van der Waals surface area (Å²) >= 11 is 5.78. The van der Waals surface area contributed by atoms with Crippen molar-refractivity contribution in [2.75, 3.05) is 26.2 Å². The van der Waals surface area contributed by atoms with Crippen molar-refractivity contribution in [3.63, 3.8) is 0 Å². The van der Waals surface area contributed by atoms with Crippen LogP contribution in [-0.2, 0) is 4.79 Å². The highest BCUT2D eigenvalue weighted by atomic mass is 35.5. The van der Waals surface area contributed by atoms with E-state index in [0.717, 1.165) is 10.9 Å². The molecule has 0 N–H and O–H groups in total. The average molecular weight is 297 g/mol. The molecule has 0 aliphatic carbocycles. The first-order chi connectivity index (χ1) is 9.67. The van der Waals surface area contributed by atoms with E-state index in [2.05, 4.69) is 16.3 Å². The molecule has 1 amide bonds. The van der Waals surface area contributed by atoms with E-state index in [4.69, 9.17) is 16.9 Å². The number of nitrogens with zero attached hydrogens (tertiary/aromatic N) is 6. The molecule has 2 rings (SSSR count). The predicted molar refractivity (Wildman–Crippen MR) is 69.1 cm³/mol. The molecule has 1 aliphatic rings. The largest absolute Gasteiger partial charge is 0.332 e. The van der Waals surface area contributed by atoms with Gasteiger partial charge < -0.3 is 9.69 Å². The normalized spacial score (nSPS) is 19.6. The van der Waals surface area contributed by atoms with E-state index in [1.165, 1.54) is 6.33 Å². The third-order valence-electron chi connectivity index (χ3n) is 3.18. The van der Waals surface area contributed by atoms with E-state index in [-0.39, 0.29) is 23.8 Å². The second kappa shape index (κ2) is 6.45. The third-order valence-corrected chi connectivity index (χ3v) is 3.44. The Bertz CT molecular complexity index is 539. The molecule has 1 unspecified atom stereocenters. The number of piperazine rings is 1. The lowest BCUT2D eigenvalue weighted by atomic mass is 10.1. The van der Waals surface area contributed by atoms with Gasteiger partial charge in [-0.25, -0.2) is 9.36 Å². The van der Waals surface area contributed by atoms with Crippen molar-refractivity contribution in [3.05, 3.63) is 11.6 Å². The minimum absolute atomic E-state index is 0.0129. The molecule has 0 saturated carbocycles. The Balaban J connectivity index is 2.14. The lowest BCUT2D eigenvalue weighted by Gasteiger charge is -2.39. The van der Waals surface area contributed by atoms with Crippen LogP contribution in [0.25, 0.3) is 0 Å². The van der Waals surface area contributed by atoms with Gasteiger partial charge in [-0.2, -0.15) is 5.26 Å². The van der Waals surface area contributed by atoms with Crippen LogP contribution < -0.4 is 0 Å². The van der Waals surface area contributed by atoms with Gasteiger partial charge in [-0.05, 0) is 11.6 Å². The first-order valence-corrected chi connectivity index (χ1v) is 6.44. The second-order valence-electron chi connectivity index (χ2n) is 4.39. The van der Waals surface area contributed by atoms with Gasteiger partial charge in [0, 0.05) is 19.6 Å². The molecule has 0 radical (unpaired) electrons.